The van der Waals surface area contributed by atoms with Crippen LogP contribution in [0.15, 0.2) is 0 Å². The molecule has 1 amide bonds. The smallest absolute Gasteiger partial charge is 0.222 e. The SMILES string of the molecule is CCC(C)C(C(CC(CCCNC)C(OC)C(C)C(N)=S)OC)N(C)C(=O)CC(C)C. The van der Waals surface area contributed by atoms with E-state index in [2.05, 4.69) is 33.0 Å². The minimum atomic E-state index is -0.0909. The van der Waals surface area contributed by atoms with Crippen LogP contribution in [0.2, 0.25) is 0 Å². The molecule has 31 heavy (non-hydrogen) atoms. The number of amides is 1. The summed E-state index contributed by atoms with van der Waals surface area (Å²) < 4.78 is 12.0. The second-order valence-electron chi connectivity index (χ2n) is 9.39. The third-order valence-electron chi connectivity index (χ3n) is 6.55. The van der Waals surface area contributed by atoms with Gasteiger partial charge in [0.25, 0.3) is 0 Å². The van der Waals surface area contributed by atoms with Gasteiger partial charge in [0.1, 0.15) is 0 Å². The lowest BCUT2D eigenvalue weighted by Gasteiger charge is -2.41. The maximum absolute atomic E-state index is 12.9. The van der Waals surface area contributed by atoms with Crippen molar-refractivity contribution in [2.24, 2.45) is 29.4 Å². The Morgan fingerprint density at radius 1 is 1.16 bits per heavy atom. The molecule has 6 atom stereocenters. The van der Waals surface area contributed by atoms with Gasteiger partial charge in [-0.3, -0.25) is 4.79 Å². The van der Waals surface area contributed by atoms with Gasteiger partial charge in [0.15, 0.2) is 0 Å². The average Bonchev–Trinajstić information content (AvgIpc) is 2.72. The molecule has 6 nitrogen and oxygen atoms in total. The van der Waals surface area contributed by atoms with Crippen molar-refractivity contribution in [1.82, 2.24) is 10.2 Å². The Morgan fingerprint density at radius 3 is 2.19 bits per heavy atom. The van der Waals surface area contributed by atoms with Gasteiger partial charge in [-0.2, -0.15) is 0 Å². The van der Waals surface area contributed by atoms with Crippen molar-refractivity contribution < 1.29 is 14.3 Å². The van der Waals surface area contributed by atoms with Crippen LogP contribution in [0, 0.1) is 23.7 Å². The molecule has 3 N–H and O–H groups in total. The molecule has 0 bridgehead atoms. The fourth-order valence-corrected chi connectivity index (χ4v) is 4.63. The molecule has 0 aliphatic heterocycles. The molecule has 0 saturated heterocycles. The summed E-state index contributed by atoms with van der Waals surface area (Å²) in [6, 6.07) is 0.00527. The van der Waals surface area contributed by atoms with Crippen LogP contribution in [-0.4, -0.2) is 68.9 Å². The van der Waals surface area contributed by atoms with Crippen LogP contribution in [0.3, 0.4) is 0 Å². The van der Waals surface area contributed by atoms with Crippen molar-refractivity contribution >= 4 is 23.1 Å². The van der Waals surface area contributed by atoms with E-state index in [9.17, 15) is 4.79 Å². The molecular formula is C24H49N3O3S. The Hall–Kier alpha value is -0.760. The van der Waals surface area contributed by atoms with Gasteiger partial charge in [0.05, 0.1) is 23.2 Å². The molecule has 184 valence electrons. The van der Waals surface area contributed by atoms with Crippen LogP contribution in [-0.2, 0) is 14.3 Å². The predicted octanol–water partition coefficient (Wildman–Crippen LogP) is 3.86. The van der Waals surface area contributed by atoms with Gasteiger partial charge in [-0.15, -0.1) is 0 Å². The number of thiocarbonyl (C=S) groups is 1. The highest BCUT2D eigenvalue weighted by Gasteiger charge is 2.37. The number of nitrogens with two attached hydrogens (primary N) is 1. The number of nitrogens with zero attached hydrogens (tertiary/aromatic N) is 1. The molecule has 0 aromatic heterocycles. The number of ether oxygens (including phenoxy) is 2. The molecular weight excluding hydrogens is 410 g/mol. The molecule has 0 heterocycles. The first-order valence-electron chi connectivity index (χ1n) is 11.8. The molecule has 0 fully saturated rings. The Balaban J connectivity index is 5.84. The van der Waals surface area contributed by atoms with E-state index in [0.717, 1.165) is 32.2 Å². The van der Waals surface area contributed by atoms with E-state index < -0.39 is 0 Å². The molecule has 6 unspecified atom stereocenters. The van der Waals surface area contributed by atoms with E-state index in [1.807, 2.05) is 25.9 Å². The lowest BCUT2D eigenvalue weighted by atomic mass is 9.80. The number of likely N-dealkylation sites (N-methyl/N-ethyl adjacent to an activating group) is 1. The van der Waals surface area contributed by atoms with E-state index in [4.69, 9.17) is 27.4 Å². The normalized spacial score (nSPS) is 17.6. The molecule has 0 radical (unpaired) electrons. The van der Waals surface area contributed by atoms with E-state index in [0.29, 0.717) is 23.2 Å². The Labute approximate surface area is 197 Å². The zero-order chi connectivity index (χ0) is 24.1. The molecule has 0 saturated carbocycles. The van der Waals surface area contributed by atoms with Gasteiger partial charge in [0.2, 0.25) is 5.91 Å². The predicted molar refractivity (Wildman–Crippen MR) is 134 cm³/mol. The number of methoxy groups -OCH3 is 2. The summed E-state index contributed by atoms with van der Waals surface area (Å²) in [5.41, 5.74) is 5.99. The molecule has 0 rings (SSSR count). The Morgan fingerprint density at radius 2 is 1.77 bits per heavy atom. The van der Waals surface area contributed by atoms with Crippen LogP contribution >= 0.6 is 12.2 Å². The first kappa shape index (κ1) is 30.2. The van der Waals surface area contributed by atoms with Crippen molar-refractivity contribution in [2.75, 3.05) is 34.9 Å². The summed E-state index contributed by atoms with van der Waals surface area (Å²) in [6.07, 6.45) is 4.14. The highest BCUT2D eigenvalue weighted by molar-refractivity contribution is 7.80. The summed E-state index contributed by atoms with van der Waals surface area (Å²) in [6.45, 7) is 11.5. The number of hydrogen-bond donors (Lipinski definition) is 2. The second kappa shape index (κ2) is 15.9. The number of rotatable bonds is 17. The Bertz CT molecular complexity index is 518. The first-order valence-corrected chi connectivity index (χ1v) is 12.2. The number of carbonyl (C=O) groups is 1. The largest absolute Gasteiger partial charge is 0.393 e. The molecule has 0 aromatic carbocycles. The van der Waals surface area contributed by atoms with Crippen LogP contribution in [0.5, 0.6) is 0 Å². The lowest BCUT2D eigenvalue weighted by Crippen LogP contribution is -2.51. The van der Waals surface area contributed by atoms with E-state index in [1.165, 1.54) is 0 Å². The number of nitrogens with one attached hydrogen (secondary N) is 1. The standard InChI is InChI=1S/C24H49N3O3S/c1-10-17(4)22(27(7)21(28)14-16(2)3)20(29-8)15-19(12-11-13-26-6)23(30-9)18(5)24(25)31/h16-20,22-23,26H,10-15H2,1-9H3,(H2,25,31). The van der Waals surface area contributed by atoms with Gasteiger partial charge in [0, 0.05) is 33.6 Å². The Kier molecular flexibility index (Phi) is 15.6. The molecule has 0 aliphatic carbocycles. The lowest BCUT2D eigenvalue weighted by molar-refractivity contribution is -0.138. The minimum Gasteiger partial charge on any atom is -0.393 e. The summed E-state index contributed by atoms with van der Waals surface area (Å²) in [4.78, 5) is 15.3. The van der Waals surface area contributed by atoms with Gasteiger partial charge < -0.3 is 25.4 Å². The average molecular weight is 460 g/mol. The topological polar surface area (TPSA) is 76.8 Å². The van der Waals surface area contributed by atoms with E-state index in [-0.39, 0.29) is 36.0 Å². The monoisotopic (exact) mass is 459 g/mol. The zero-order valence-electron chi connectivity index (χ0n) is 21.4. The summed E-state index contributed by atoms with van der Waals surface area (Å²) in [5.74, 6) is 1.01. The highest BCUT2D eigenvalue weighted by atomic mass is 32.1. The van der Waals surface area contributed by atoms with Crippen LogP contribution in [0.4, 0.5) is 0 Å². The fourth-order valence-electron chi connectivity index (χ4n) is 4.50. The van der Waals surface area contributed by atoms with Crippen molar-refractivity contribution in [3.63, 3.8) is 0 Å². The van der Waals surface area contributed by atoms with Crippen molar-refractivity contribution in [3.8, 4) is 0 Å². The zero-order valence-corrected chi connectivity index (χ0v) is 22.3. The highest BCUT2D eigenvalue weighted by Crippen LogP contribution is 2.31. The summed E-state index contributed by atoms with van der Waals surface area (Å²) in [5, 5.41) is 3.23. The second-order valence-corrected chi connectivity index (χ2v) is 9.86. The summed E-state index contributed by atoms with van der Waals surface area (Å²) >= 11 is 5.29. The number of hydrogen-bond acceptors (Lipinski definition) is 5. The maximum atomic E-state index is 12.9. The summed E-state index contributed by atoms with van der Waals surface area (Å²) in [7, 11) is 7.38. The third kappa shape index (κ3) is 10.1. The molecule has 0 aliphatic rings. The fraction of sp³-hybridized carbons (Fsp3) is 0.917. The van der Waals surface area contributed by atoms with E-state index in [1.54, 1.807) is 14.2 Å². The minimum absolute atomic E-state index is 0.00527. The van der Waals surface area contributed by atoms with Gasteiger partial charge in [-0.05, 0) is 50.6 Å². The van der Waals surface area contributed by atoms with Crippen LogP contribution in [0.25, 0.3) is 0 Å². The van der Waals surface area contributed by atoms with Gasteiger partial charge in [-0.25, -0.2) is 0 Å². The first-order chi connectivity index (χ1) is 14.5. The van der Waals surface area contributed by atoms with Gasteiger partial charge in [-0.1, -0.05) is 53.3 Å². The molecule has 0 spiro atoms. The van der Waals surface area contributed by atoms with Crippen LogP contribution < -0.4 is 11.1 Å². The van der Waals surface area contributed by atoms with E-state index >= 15 is 0 Å². The number of carbonyl (C=O) groups excluding carboxylic acids is 1. The quantitative estimate of drug-likeness (QED) is 0.254. The third-order valence-corrected chi connectivity index (χ3v) is 6.92. The van der Waals surface area contributed by atoms with Crippen molar-refractivity contribution in [3.05, 3.63) is 0 Å². The van der Waals surface area contributed by atoms with Crippen molar-refractivity contribution in [2.45, 2.75) is 85.0 Å². The van der Waals surface area contributed by atoms with Crippen molar-refractivity contribution in [1.29, 1.82) is 0 Å². The molecule has 7 heteroatoms. The van der Waals surface area contributed by atoms with Crippen LogP contribution in [0.1, 0.15) is 66.7 Å². The van der Waals surface area contributed by atoms with Gasteiger partial charge >= 0.3 is 0 Å². The molecule has 0 aromatic rings. The maximum Gasteiger partial charge on any atom is 0.222 e.